The molecule has 36 heavy (non-hydrogen) atoms. The Kier molecular flexibility index (Phi) is 9.03. The molecule has 0 radical (unpaired) electrons. The summed E-state index contributed by atoms with van der Waals surface area (Å²) in [5.41, 5.74) is 1.44. The second-order valence-corrected chi connectivity index (χ2v) is 9.88. The van der Waals surface area contributed by atoms with Crippen molar-refractivity contribution in [3.8, 4) is 5.75 Å². The number of ether oxygens (including phenoxy) is 1. The molecule has 1 atom stereocenters. The topological polar surface area (TPSA) is 117 Å². The van der Waals surface area contributed by atoms with E-state index in [9.17, 15) is 18.0 Å². The van der Waals surface area contributed by atoms with E-state index in [4.69, 9.17) is 27.9 Å². The highest BCUT2D eigenvalue weighted by molar-refractivity contribution is 7.91. The Morgan fingerprint density at radius 2 is 1.64 bits per heavy atom. The van der Waals surface area contributed by atoms with Gasteiger partial charge in [-0.25, -0.2) is 9.52 Å². The van der Waals surface area contributed by atoms with E-state index in [2.05, 4.69) is 10.0 Å². The minimum Gasteiger partial charge on any atom is -0.497 e. The Bertz CT molecular complexity index is 1320. The number of rotatable bonds is 9. The maximum Gasteiger partial charge on any atom is 0.330 e. The molecule has 0 fully saturated rings. The van der Waals surface area contributed by atoms with Crippen LogP contribution in [0.4, 0.5) is 16.2 Å². The van der Waals surface area contributed by atoms with Crippen molar-refractivity contribution in [3.05, 3.63) is 88.4 Å². The minimum atomic E-state index is -4.34. The van der Waals surface area contributed by atoms with Gasteiger partial charge in [0, 0.05) is 19.2 Å². The van der Waals surface area contributed by atoms with Gasteiger partial charge in [-0.3, -0.25) is 9.52 Å². The lowest BCUT2D eigenvalue weighted by Gasteiger charge is -2.25. The number of likely N-dealkylation sites (N-methyl/N-ethyl adjacent to an activating group) is 1. The van der Waals surface area contributed by atoms with Crippen LogP contribution in [0.3, 0.4) is 0 Å². The van der Waals surface area contributed by atoms with Crippen molar-refractivity contribution in [3.63, 3.8) is 0 Å². The Labute approximate surface area is 219 Å². The fourth-order valence-corrected chi connectivity index (χ4v) is 4.36. The lowest BCUT2D eigenvalue weighted by Crippen LogP contribution is -2.53. The van der Waals surface area contributed by atoms with Crippen molar-refractivity contribution in [2.24, 2.45) is 0 Å². The van der Waals surface area contributed by atoms with Crippen molar-refractivity contribution < 1.29 is 22.7 Å². The van der Waals surface area contributed by atoms with Gasteiger partial charge >= 0.3 is 16.2 Å². The average molecular weight is 551 g/mol. The first-order valence-corrected chi connectivity index (χ1v) is 12.8. The highest BCUT2D eigenvalue weighted by Gasteiger charge is 2.27. The van der Waals surface area contributed by atoms with Crippen LogP contribution in [0, 0.1) is 0 Å². The van der Waals surface area contributed by atoms with Crippen LogP contribution < -0.4 is 24.4 Å². The largest absolute Gasteiger partial charge is 0.497 e. The van der Waals surface area contributed by atoms with Gasteiger partial charge in [-0.2, -0.15) is 8.42 Å². The Morgan fingerprint density at radius 1 is 0.972 bits per heavy atom. The van der Waals surface area contributed by atoms with Gasteiger partial charge < -0.3 is 15.0 Å². The van der Waals surface area contributed by atoms with Gasteiger partial charge in [0.15, 0.2) is 0 Å². The zero-order valence-corrected chi connectivity index (χ0v) is 21.7. The second-order valence-electron chi connectivity index (χ2n) is 7.65. The molecular formula is C24H24Cl2N4O5S. The molecule has 0 aliphatic heterocycles. The number of carbonyl (C=O) groups excluding carboxylic acids is 2. The predicted molar refractivity (Wildman–Crippen MR) is 141 cm³/mol. The van der Waals surface area contributed by atoms with Crippen LogP contribution in [-0.4, -0.2) is 40.6 Å². The zero-order valence-electron chi connectivity index (χ0n) is 19.4. The third-order valence-corrected chi connectivity index (χ3v) is 6.77. The molecule has 0 bridgehead atoms. The predicted octanol–water partition coefficient (Wildman–Crippen LogP) is 4.23. The van der Waals surface area contributed by atoms with E-state index in [0.717, 1.165) is 5.56 Å². The second kappa shape index (κ2) is 12.0. The molecule has 190 valence electrons. The molecule has 0 saturated carbocycles. The normalized spacial score (nSPS) is 11.8. The quantitative estimate of drug-likeness (QED) is 0.368. The van der Waals surface area contributed by atoms with Crippen LogP contribution in [0.15, 0.2) is 72.8 Å². The van der Waals surface area contributed by atoms with Crippen LogP contribution in [-0.2, 0) is 21.4 Å². The maximum absolute atomic E-state index is 13.3. The molecule has 0 aliphatic carbocycles. The number of carbonyl (C=O) groups is 2. The summed E-state index contributed by atoms with van der Waals surface area (Å²) in [7, 11) is -1.25. The van der Waals surface area contributed by atoms with Crippen molar-refractivity contribution in [1.82, 2.24) is 10.0 Å². The first kappa shape index (κ1) is 27.1. The summed E-state index contributed by atoms with van der Waals surface area (Å²) in [5, 5.41) is 2.85. The Balaban J connectivity index is 1.75. The summed E-state index contributed by atoms with van der Waals surface area (Å²) < 4.78 is 34.1. The smallest absolute Gasteiger partial charge is 0.330 e. The number of amides is 3. The van der Waals surface area contributed by atoms with Crippen LogP contribution in [0.25, 0.3) is 0 Å². The van der Waals surface area contributed by atoms with Crippen LogP contribution in [0.1, 0.15) is 5.56 Å². The molecule has 0 saturated heterocycles. The van der Waals surface area contributed by atoms with Gasteiger partial charge in [0.2, 0.25) is 5.91 Å². The summed E-state index contributed by atoms with van der Waals surface area (Å²) in [6.45, 7) is 0. The van der Waals surface area contributed by atoms with Gasteiger partial charge in [0.05, 0.1) is 22.8 Å². The highest BCUT2D eigenvalue weighted by Crippen LogP contribution is 2.25. The van der Waals surface area contributed by atoms with E-state index in [1.165, 1.54) is 30.2 Å². The number of hydrogen-bond donors (Lipinski definition) is 3. The summed E-state index contributed by atoms with van der Waals surface area (Å²) in [6.07, 6.45) is 0.133. The van der Waals surface area contributed by atoms with E-state index in [1.54, 1.807) is 55.6 Å². The third kappa shape index (κ3) is 7.51. The van der Waals surface area contributed by atoms with Crippen LogP contribution in [0.2, 0.25) is 10.0 Å². The van der Waals surface area contributed by atoms with E-state index >= 15 is 0 Å². The molecule has 3 N–H and O–H groups in total. The fourth-order valence-electron chi connectivity index (χ4n) is 3.27. The number of benzene rings is 3. The molecule has 0 aliphatic rings. The molecular weight excluding hydrogens is 527 g/mol. The SMILES string of the molecule is COc1ccc(N(C)C(=O)C(Cc2ccccc2)NC(=O)NS(=O)(=O)Nc2ccc(Cl)c(Cl)c2)cc1. The Morgan fingerprint density at radius 3 is 2.25 bits per heavy atom. The molecule has 3 rings (SSSR count). The van der Waals surface area contributed by atoms with Crippen LogP contribution >= 0.6 is 23.2 Å². The monoisotopic (exact) mass is 550 g/mol. The third-order valence-electron chi connectivity index (χ3n) is 5.08. The first-order chi connectivity index (χ1) is 17.1. The summed E-state index contributed by atoms with van der Waals surface area (Å²) >= 11 is 11.8. The maximum atomic E-state index is 13.3. The summed E-state index contributed by atoms with van der Waals surface area (Å²) in [4.78, 5) is 27.3. The van der Waals surface area contributed by atoms with Crippen molar-refractivity contribution in [2.45, 2.75) is 12.5 Å². The molecule has 3 aromatic rings. The highest BCUT2D eigenvalue weighted by atomic mass is 35.5. The molecule has 1 unspecified atom stereocenters. The number of nitrogens with zero attached hydrogens (tertiary/aromatic N) is 1. The molecule has 12 heteroatoms. The lowest BCUT2D eigenvalue weighted by atomic mass is 10.0. The molecule has 3 amide bonds. The summed E-state index contributed by atoms with van der Waals surface area (Å²) in [5.74, 6) is 0.173. The zero-order chi connectivity index (χ0) is 26.3. The fraction of sp³-hybridized carbons (Fsp3) is 0.167. The first-order valence-electron chi connectivity index (χ1n) is 10.6. The van der Waals surface area contributed by atoms with Gasteiger partial charge in [-0.15, -0.1) is 0 Å². The van der Waals surface area contributed by atoms with Crippen molar-refractivity contribution in [1.29, 1.82) is 0 Å². The molecule has 3 aromatic carbocycles. The number of halogens is 2. The molecule has 0 spiro atoms. The van der Waals surface area contributed by atoms with Crippen LogP contribution in [0.5, 0.6) is 5.75 Å². The van der Waals surface area contributed by atoms with Gasteiger partial charge in [0.25, 0.3) is 0 Å². The molecule has 9 nitrogen and oxygen atoms in total. The number of nitrogens with one attached hydrogen (secondary N) is 3. The van der Waals surface area contributed by atoms with E-state index in [0.29, 0.717) is 11.4 Å². The summed E-state index contributed by atoms with van der Waals surface area (Å²) in [6, 6.07) is 17.8. The van der Waals surface area contributed by atoms with Gasteiger partial charge in [-0.05, 0) is 48.0 Å². The standard InChI is InChI=1S/C24H24Cl2N4O5S/c1-30(18-9-11-19(35-2)12-10-18)23(31)22(14-16-6-4-3-5-7-16)27-24(32)29-36(33,34)28-17-8-13-20(25)21(26)15-17/h3-13,15,22,28H,14H2,1-2H3,(H2,27,29,32). The molecule has 0 heterocycles. The van der Waals surface area contributed by atoms with E-state index < -0.39 is 28.2 Å². The van der Waals surface area contributed by atoms with E-state index in [-0.39, 0.29) is 22.2 Å². The van der Waals surface area contributed by atoms with Gasteiger partial charge in [0.1, 0.15) is 11.8 Å². The van der Waals surface area contributed by atoms with Crippen molar-refractivity contribution in [2.75, 3.05) is 23.8 Å². The number of urea groups is 1. The number of hydrogen-bond acceptors (Lipinski definition) is 5. The number of anilines is 2. The Hall–Kier alpha value is -3.47. The number of methoxy groups -OCH3 is 1. The van der Waals surface area contributed by atoms with Crippen molar-refractivity contribution >= 4 is 56.7 Å². The lowest BCUT2D eigenvalue weighted by molar-refractivity contribution is -0.120. The van der Waals surface area contributed by atoms with E-state index in [1.807, 2.05) is 10.8 Å². The average Bonchev–Trinajstić information content (AvgIpc) is 2.85. The molecule has 0 aromatic heterocycles. The minimum absolute atomic E-state index is 0.0980. The van der Waals surface area contributed by atoms with Gasteiger partial charge in [-0.1, -0.05) is 53.5 Å².